The fourth-order valence-electron chi connectivity index (χ4n) is 2.22. The average molecular weight is 329 g/mol. The predicted octanol–water partition coefficient (Wildman–Crippen LogP) is 4.29. The molecule has 0 unspecified atom stereocenters. The first-order valence-electron chi connectivity index (χ1n) is 7.34. The molecule has 3 aromatic rings. The lowest BCUT2D eigenvalue weighted by Crippen LogP contribution is -2.09. The summed E-state index contributed by atoms with van der Waals surface area (Å²) in [5.74, 6) is 2.52. The molecule has 1 aromatic heterocycles. The molecule has 0 bridgehead atoms. The predicted molar refractivity (Wildman–Crippen MR) is 90.7 cm³/mol. The van der Waals surface area contributed by atoms with E-state index in [1.54, 1.807) is 18.3 Å². The van der Waals surface area contributed by atoms with Crippen molar-refractivity contribution in [3.63, 3.8) is 0 Å². The van der Waals surface area contributed by atoms with Crippen LogP contribution < -0.4 is 9.47 Å². The smallest absolute Gasteiger partial charge is 0.122 e. The molecule has 0 aliphatic carbocycles. The molecule has 4 nitrogen and oxygen atoms in total. The second-order valence-corrected chi connectivity index (χ2v) is 5.43. The summed E-state index contributed by atoms with van der Waals surface area (Å²) in [7, 11) is 0. The summed E-state index contributed by atoms with van der Waals surface area (Å²) in [6.07, 6.45) is 3.71. The number of aromatic nitrogens is 2. The topological polar surface area (TPSA) is 36.3 Å². The van der Waals surface area contributed by atoms with Crippen molar-refractivity contribution in [3.05, 3.63) is 71.8 Å². The molecule has 0 amide bonds. The van der Waals surface area contributed by atoms with Gasteiger partial charge in [-0.25, -0.2) is 4.98 Å². The van der Waals surface area contributed by atoms with Gasteiger partial charge in [0, 0.05) is 23.5 Å². The summed E-state index contributed by atoms with van der Waals surface area (Å²) in [5.41, 5.74) is 1.02. The maximum Gasteiger partial charge on any atom is 0.122 e. The fraction of sp³-hybridized carbons (Fsp3) is 0.167. The molecule has 0 saturated heterocycles. The van der Waals surface area contributed by atoms with E-state index in [9.17, 15) is 0 Å². The third-order valence-electron chi connectivity index (χ3n) is 3.36. The molecule has 0 saturated carbocycles. The summed E-state index contributed by atoms with van der Waals surface area (Å²) in [6.45, 7) is 2.90. The van der Waals surface area contributed by atoms with Crippen molar-refractivity contribution in [2.45, 2.75) is 6.92 Å². The zero-order valence-corrected chi connectivity index (χ0v) is 13.5. The molecule has 0 radical (unpaired) electrons. The highest BCUT2D eigenvalue weighted by Gasteiger charge is 2.02. The molecule has 2 aromatic carbocycles. The van der Waals surface area contributed by atoms with Crippen LogP contribution in [0.4, 0.5) is 0 Å². The third kappa shape index (κ3) is 4.05. The van der Waals surface area contributed by atoms with Crippen LogP contribution in [0.3, 0.4) is 0 Å². The van der Waals surface area contributed by atoms with Crippen LogP contribution in [0.15, 0.2) is 60.9 Å². The van der Waals surface area contributed by atoms with E-state index in [4.69, 9.17) is 21.1 Å². The van der Waals surface area contributed by atoms with Gasteiger partial charge in [0.05, 0.1) is 5.69 Å². The largest absolute Gasteiger partial charge is 0.490 e. The van der Waals surface area contributed by atoms with Crippen molar-refractivity contribution in [3.8, 4) is 17.2 Å². The van der Waals surface area contributed by atoms with Gasteiger partial charge < -0.3 is 14.0 Å². The van der Waals surface area contributed by atoms with Crippen molar-refractivity contribution in [2.75, 3.05) is 13.2 Å². The lowest BCUT2D eigenvalue weighted by Gasteiger charge is -2.10. The number of ether oxygens (including phenoxy) is 2. The molecule has 1 heterocycles. The fourth-order valence-corrected chi connectivity index (χ4v) is 2.35. The standard InChI is InChI=1S/C18H17ClN2O2/c1-14-20-9-10-21(14)16-3-2-4-18(13-16)23-12-11-22-17-7-5-15(19)6-8-17/h2-10,13H,11-12H2,1H3. The second-order valence-electron chi connectivity index (χ2n) is 4.99. The van der Waals surface area contributed by atoms with Crippen LogP contribution in [0.1, 0.15) is 5.82 Å². The van der Waals surface area contributed by atoms with Crippen LogP contribution in [0.5, 0.6) is 11.5 Å². The highest BCUT2D eigenvalue weighted by molar-refractivity contribution is 6.30. The summed E-state index contributed by atoms with van der Waals surface area (Å²) >= 11 is 5.83. The molecule has 0 aliphatic rings. The first kappa shape index (κ1) is 15.4. The van der Waals surface area contributed by atoms with Crippen molar-refractivity contribution >= 4 is 11.6 Å². The van der Waals surface area contributed by atoms with Gasteiger partial charge in [-0.3, -0.25) is 0 Å². The van der Waals surface area contributed by atoms with E-state index in [1.165, 1.54) is 0 Å². The Morgan fingerprint density at radius 1 is 1.00 bits per heavy atom. The normalized spacial score (nSPS) is 10.5. The van der Waals surface area contributed by atoms with E-state index in [-0.39, 0.29) is 0 Å². The Bertz CT molecular complexity index is 769. The average Bonchev–Trinajstić information content (AvgIpc) is 3.00. The van der Waals surface area contributed by atoms with E-state index < -0.39 is 0 Å². The zero-order chi connectivity index (χ0) is 16.1. The van der Waals surface area contributed by atoms with Crippen molar-refractivity contribution < 1.29 is 9.47 Å². The van der Waals surface area contributed by atoms with Crippen LogP contribution in [0.25, 0.3) is 5.69 Å². The SMILES string of the molecule is Cc1nccn1-c1cccc(OCCOc2ccc(Cl)cc2)c1. The van der Waals surface area contributed by atoms with Crippen LogP contribution in [-0.4, -0.2) is 22.8 Å². The third-order valence-corrected chi connectivity index (χ3v) is 3.61. The number of hydrogen-bond acceptors (Lipinski definition) is 3. The maximum absolute atomic E-state index is 5.83. The molecule has 5 heteroatoms. The molecule has 3 rings (SSSR count). The molecular weight excluding hydrogens is 312 g/mol. The number of benzene rings is 2. The number of imidazole rings is 1. The first-order valence-corrected chi connectivity index (χ1v) is 7.72. The van der Waals surface area contributed by atoms with Gasteiger partial charge in [-0.1, -0.05) is 17.7 Å². The molecule has 118 valence electrons. The summed E-state index contributed by atoms with van der Waals surface area (Å²) < 4.78 is 13.4. The second kappa shape index (κ2) is 7.20. The zero-order valence-electron chi connectivity index (χ0n) is 12.8. The number of aryl methyl sites for hydroxylation is 1. The minimum Gasteiger partial charge on any atom is -0.490 e. The molecule has 23 heavy (non-hydrogen) atoms. The van der Waals surface area contributed by atoms with Gasteiger partial charge in [-0.15, -0.1) is 0 Å². The maximum atomic E-state index is 5.83. The Morgan fingerprint density at radius 3 is 2.43 bits per heavy atom. The summed E-state index contributed by atoms with van der Waals surface area (Å²) in [6, 6.07) is 15.2. The highest BCUT2D eigenvalue weighted by Crippen LogP contribution is 2.18. The van der Waals surface area contributed by atoms with Crippen LogP contribution in [0, 0.1) is 6.92 Å². The van der Waals surface area contributed by atoms with Gasteiger partial charge in [0.15, 0.2) is 0 Å². The van der Waals surface area contributed by atoms with Gasteiger partial charge in [-0.05, 0) is 43.3 Å². The Hall–Kier alpha value is -2.46. The molecule has 0 fully saturated rings. The molecule has 0 aliphatic heterocycles. The van der Waals surface area contributed by atoms with Gasteiger partial charge >= 0.3 is 0 Å². The lowest BCUT2D eigenvalue weighted by molar-refractivity contribution is 0.217. The Labute approximate surface area is 140 Å². The molecular formula is C18H17ClN2O2. The van der Waals surface area contributed by atoms with Crippen molar-refractivity contribution in [2.24, 2.45) is 0 Å². The van der Waals surface area contributed by atoms with E-state index in [1.807, 2.05) is 54.1 Å². The monoisotopic (exact) mass is 328 g/mol. The number of rotatable bonds is 6. The van der Waals surface area contributed by atoms with E-state index in [0.717, 1.165) is 23.0 Å². The van der Waals surface area contributed by atoms with Crippen LogP contribution >= 0.6 is 11.6 Å². The molecule has 0 atom stereocenters. The molecule has 0 spiro atoms. The Kier molecular flexibility index (Phi) is 4.83. The summed E-state index contributed by atoms with van der Waals surface area (Å²) in [4.78, 5) is 4.23. The minimum atomic E-state index is 0.467. The van der Waals surface area contributed by atoms with E-state index in [0.29, 0.717) is 18.2 Å². The van der Waals surface area contributed by atoms with Gasteiger partial charge in [0.2, 0.25) is 0 Å². The number of halogens is 1. The minimum absolute atomic E-state index is 0.467. The van der Waals surface area contributed by atoms with Gasteiger partial charge in [0.1, 0.15) is 30.5 Å². The van der Waals surface area contributed by atoms with Gasteiger partial charge in [0.25, 0.3) is 0 Å². The highest BCUT2D eigenvalue weighted by atomic mass is 35.5. The van der Waals surface area contributed by atoms with E-state index in [2.05, 4.69) is 4.98 Å². The Morgan fingerprint density at radius 2 is 1.74 bits per heavy atom. The van der Waals surface area contributed by atoms with Crippen LogP contribution in [-0.2, 0) is 0 Å². The van der Waals surface area contributed by atoms with Crippen molar-refractivity contribution in [1.29, 1.82) is 0 Å². The summed E-state index contributed by atoms with van der Waals surface area (Å²) in [5, 5.41) is 0.695. The molecule has 0 N–H and O–H groups in total. The quantitative estimate of drug-likeness (QED) is 0.633. The van der Waals surface area contributed by atoms with E-state index >= 15 is 0 Å². The van der Waals surface area contributed by atoms with Crippen molar-refractivity contribution in [1.82, 2.24) is 9.55 Å². The number of hydrogen-bond donors (Lipinski definition) is 0. The van der Waals surface area contributed by atoms with Gasteiger partial charge in [-0.2, -0.15) is 0 Å². The van der Waals surface area contributed by atoms with Crippen LogP contribution in [0.2, 0.25) is 5.02 Å². The first-order chi connectivity index (χ1) is 11.2. The lowest BCUT2D eigenvalue weighted by atomic mass is 10.3. The number of nitrogens with zero attached hydrogens (tertiary/aromatic N) is 2. The Balaban J connectivity index is 1.54.